The summed E-state index contributed by atoms with van der Waals surface area (Å²) in [5.74, 6) is 0. The van der Waals surface area contributed by atoms with Gasteiger partial charge in [-0.3, -0.25) is 0 Å². The molecule has 15 rings (SSSR count). The minimum atomic E-state index is 1.21. The van der Waals surface area contributed by atoms with E-state index < -0.39 is 0 Å². The number of para-hydroxylation sites is 4. The Hall–Kier alpha value is -8.46. The fourth-order valence-corrected chi connectivity index (χ4v) is 11.8. The average Bonchev–Trinajstić information content (AvgIpc) is 4.10. The van der Waals surface area contributed by atoms with Gasteiger partial charge in [0.25, 0.3) is 0 Å². The Morgan fingerprint density at radius 2 is 0.594 bits per heavy atom. The van der Waals surface area contributed by atoms with Crippen LogP contribution in [0.4, 0.5) is 0 Å². The van der Waals surface area contributed by atoms with Crippen LogP contribution in [0, 0.1) is 0 Å². The van der Waals surface area contributed by atoms with Crippen LogP contribution in [0.1, 0.15) is 0 Å². The SMILES string of the molecule is c1ccc(-c2ccc(-c3c4cccc(-c5cccc6c5c5cccc7c8ccccc8n6c75)c4cc4c(-c5cccc6c5c5cccc7c8ccccc8n6c75)cccc34)cc2)cc1. The lowest BCUT2D eigenvalue weighted by molar-refractivity contribution is 1.37. The molecule has 0 aliphatic heterocycles. The first-order valence-corrected chi connectivity index (χ1v) is 22.3. The normalized spacial score (nSPS) is 12.4. The van der Waals surface area contributed by atoms with E-state index in [0.717, 1.165) is 0 Å². The Morgan fingerprint density at radius 1 is 0.219 bits per heavy atom. The summed E-state index contributed by atoms with van der Waals surface area (Å²) >= 11 is 0. The minimum Gasteiger partial charge on any atom is -0.308 e. The third-order valence-corrected chi connectivity index (χ3v) is 14.4. The van der Waals surface area contributed by atoms with Crippen LogP contribution in [0.2, 0.25) is 0 Å². The van der Waals surface area contributed by atoms with E-state index in [9.17, 15) is 0 Å². The molecule has 0 atom stereocenters. The quantitative estimate of drug-likeness (QED) is 0.157. The van der Waals surface area contributed by atoms with E-state index in [-0.39, 0.29) is 0 Å². The van der Waals surface area contributed by atoms with Crippen LogP contribution in [-0.2, 0) is 0 Å². The zero-order chi connectivity index (χ0) is 41.6. The standard InChI is InChI=1S/C62H36N2/c1-2-14-37(15-3-1)38-32-34-39(35-33-38)58-46-20-8-18-40(44-22-12-30-56-59(44)50-26-10-24-48-42-16-4-6-28-54(42)63(56)61(48)50)52(46)36-53-41(19-9-21-47(53)58)45-23-13-31-57-60(45)51-27-11-25-49-43-17-5-7-29-55(43)64(57)62(49)51/h1-36H. The molecule has 2 nitrogen and oxygen atoms in total. The van der Waals surface area contributed by atoms with Gasteiger partial charge in [-0.25, -0.2) is 0 Å². The first-order valence-electron chi connectivity index (χ1n) is 22.3. The van der Waals surface area contributed by atoms with Crippen molar-refractivity contribution in [1.82, 2.24) is 8.80 Å². The zero-order valence-corrected chi connectivity index (χ0v) is 34.7. The van der Waals surface area contributed by atoms with Crippen molar-refractivity contribution in [3.05, 3.63) is 218 Å². The van der Waals surface area contributed by atoms with Crippen LogP contribution in [-0.4, -0.2) is 8.80 Å². The largest absolute Gasteiger partial charge is 0.308 e. The van der Waals surface area contributed by atoms with Gasteiger partial charge >= 0.3 is 0 Å². The van der Waals surface area contributed by atoms with E-state index in [1.54, 1.807) is 0 Å². The number of fused-ring (bicyclic) bond motifs is 14. The predicted molar refractivity (Wildman–Crippen MR) is 273 cm³/mol. The molecule has 4 heterocycles. The van der Waals surface area contributed by atoms with Gasteiger partial charge in [-0.05, 0) is 96.4 Å². The fourth-order valence-electron chi connectivity index (χ4n) is 11.8. The molecule has 0 spiro atoms. The van der Waals surface area contributed by atoms with Gasteiger partial charge in [-0.1, -0.05) is 188 Å². The summed E-state index contributed by atoms with van der Waals surface area (Å²) in [6, 6.07) is 81.5. The third-order valence-electron chi connectivity index (χ3n) is 14.4. The molecule has 0 unspecified atom stereocenters. The van der Waals surface area contributed by atoms with Gasteiger partial charge in [0, 0.05) is 43.1 Å². The first kappa shape index (κ1) is 34.2. The maximum absolute atomic E-state index is 2.51. The molecule has 0 radical (unpaired) electrons. The molecule has 294 valence electrons. The fraction of sp³-hybridized carbons (Fsp3) is 0. The Balaban J connectivity index is 1.06. The minimum absolute atomic E-state index is 1.21. The molecule has 0 aliphatic rings. The summed E-state index contributed by atoms with van der Waals surface area (Å²) < 4.78 is 4.99. The molecule has 2 heteroatoms. The monoisotopic (exact) mass is 808 g/mol. The lowest BCUT2D eigenvalue weighted by Crippen LogP contribution is -1.92. The number of hydrogen-bond donors (Lipinski definition) is 0. The Bertz CT molecular complexity index is 4150. The third kappa shape index (κ3) is 4.39. The maximum Gasteiger partial charge on any atom is 0.0620 e. The number of benzene rings is 11. The van der Waals surface area contributed by atoms with Gasteiger partial charge in [0.2, 0.25) is 0 Å². The predicted octanol–water partition coefficient (Wildman–Crippen LogP) is 17.0. The molecule has 11 aromatic carbocycles. The topological polar surface area (TPSA) is 8.82 Å². The highest BCUT2D eigenvalue weighted by Crippen LogP contribution is 2.49. The van der Waals surface area contributed by atoms with Crippen LogP contribution >= 0.6 is 0 Å². The van der Waals surface area contributed by atoms with Gasteiger partial charge in [-0.2, -0.15) is 0 Å². The second-order valence-electron chi connectivity index (χ2n) is 17.5. The Morgan fingerprint density at radius 3 is 1.14 bits per heavy atom. The Kier molecular flexibility index (Phi) is 6.71. The van der Waals surface area contributed by atoms with E-state index in [2.05, 4.69) is 227 Å². The van der Waals surface area contributed by atoms with Gasteiger partial charge in [0.05, 0.1) is 33.1 Å². The number of aromatic nitrogens is 2. The smallest absolute Gasteiger partial charge is 0.0620 e. The molecular formula is C62H36N2. The molecule has 0 saturated heterocycles. The molecule has 0 fully saturated rings. The van der Waals surface area contributed by atoms with Gasteiger partial charge in [0.1, 0.15) is 0 Å². The summed E-state index contributed by atoms with van der Waals surface area (Å²) in [5, 5.41) is 15.4. The van der Waals surface area contributed by atoms with E-state index in [1.807, 2.05) is 0 Å². The second kappa shape index (κ2) is 12.6. The van der Waals surface area contributed by atoms with Crippen LogP contribution in [0.15, 0.2) is 218 Å². The van der Waals surface area contributed by atoms with Gasteiger partial charge in [0.15, 0.2) is 0 Å². The van der Waals surface area contributed by atoms with Crippen molar-refractivity contribution in [2.45, 2.75) is 0 Å². The molecule has 0 amide bonds. The van der Waals surface area contributed by atoms with Crippen LogP contribution in [0.3, 0.4) is 0 Å². The van der Waals surface area contributed by atoms with Crippen LogP contribution in [0.25, 0.3) is 142 Å². The highest BCUT2D eigenvalue weighted by Gasteiger charge is 2.24. The van der Waals surface area contributed by atoms with Crippen molar-refractivity contribution in [2.24, 2.45) is 0 Å². The van der Waals surface area contributed by atoms with Gasteiger partial charge in [-0.15, -0.1) is 0 Å². The van der Waals surface area contributed by atoms with Crippen molar-refractivity contribution in [3.8, 4) is 44.5 Å². The van der Waals surface area contributed by atoms with Crippen molar-refractivity contribution < 1.29 is 0 Å². The van der Waals surface area contributed by atoms with E-state index in [0.29, 0.717) is 0 Å². The number of nitrogens with zero attached hydrogens (tertiary/aromatic N) is 2. The molecule has 0 saturated carbocycles. The number of hydrogen-bond acceptors (Lipinski definition) is 0. The summed E-state index contributed by atoms with van der Waals surface area (Å²) in [6.45, 7) is 0. The summed E-state index contributed by atoms with van der Waals surface area (Å²) in [7, 11) is 0. The van der Waals surface area contributed by atoms with Crippen molar-refractivity contribution in [2.75, 3.05) is 0 Å². The van der Waals surface area contributed by atoms with Crippen molar-refractivity contribution >= 4 is 97.7 Å². The Labute approximate surface area is 367 Å². The zero-order valence-electron chi connectivity index (χ0n) is 34.7. The highest BCUT2D eigenvalue weighted by atomic mass is 14.9. The van der Waals surface area contributed by atoms with Crippen molar-refractivity contribution in [1.29, 1.82) is 0 Å². The lowest BCUT2D eigenvalue weighted by Gasteiger charge is -2.18. The van der Waals surface area contributed by atoms with E-state index >= 15 is 0 Å². The lowest BCUT2D eigenvalue weighted by atomic mass is 9.85. The molecule has 15 aromatic rings. The van der Waals surface area contributed by atoms with Crippen molar-refractivity contribution in [3.63, 3.8) is 0 Å². The first-order chi connectivity index (χ1) is 31.8. The number of rotatable bonds is 4. The molecule has 0 aliphatic carbocycles. The summed E-state index contributed by atoms with van der Waals surface area (Å²) in [6.07, 6.45) is 0. The second-order valence-corrected chi connectivity index (χ2v) is 17.5. The highest BCUT2D eigenvalue weighted by molar-refractivity contribution is 6.30. The summed E-state index contributed by atoms with van der Waals surface area (Å²) in [5.41, 5.74) is 17.5. The maximum atomic E-state index is 2.51. The van der Waals surface area contributed by atoms with Gasteiger partial charge < -0.3 is 8.80 Å². The summed E-state index contributed by atoms with van der Waals surface area (Å²) in [4.78, 5) is 0. The molecule has 0 bridgehead atoms. The van der Waals surface area contributed by atoms with Crippen LogP contribution in [0.5, 0.6) is 0 Å². The molecule has 64 heavy (non-hydrogen) atoms. The molecule has 0 N–H and O–H groups in total. The van der Waals surface area contributed by atoms with Crippen LogP contribution < -0.4 is 0 Å². The van der Waals surface area contributed by atoms with E-state index in [1.165, 1.54) is 142 Å². The van der Waals surface area contributed by atoms with E-state index in [4.69, 9.17) is 0 Å². The average molecular weight is 809 g/mol. The molecular weight excluding hydrogens is 773 g/mol. The molecule has 4 aromatic heterocycles.